The van der Waals surface area contributed by atoms with E-state index in [1.54, 1.807) is 0 Å². The zero-order chi connectivity index (χ0) is 16.7. The molecule has 1 aliphatic carbocycles. The van der Waals surface area contributed by atoms with Gasteiger partial charge in [-0.3, -0.25) is 4.79 Å². The first-order chi connectivity index (χ1) is 11.6. The molecule has 0 radical (unpaired) electrons. The third-order valence-corrected chi connectivity index (χ3v) is 5.31. The summed E-state index contributed by atoms with van der Waals surface area (Å²) in [7, 11) is 4.12. The van der Waals surface area contributed by atoms with Crippen molar-refractivity contribution in [1.29, 1.82) is 0 Å². The molecule has 0 unspecified atom stereocenters. The zero-order valence-electron chi connectivity index (χ0n) is 14.3. The molecule has 2 atom stereocenters. The number of benzene rings is 1. The van der Waals surface area contributed by atoms with E-state index in [4.69, 9.17) is 4.74 Å². The van der Waals surface area contributed by atoms with Crippen molar-refractivity contribution in [3.8, 4) is 0 Å². The Morgan fingerprint density at radius 2 is 2.17 bits per heavy atom. The van der Waals surface area contributed by atoms with E-state index in [2.05, 4.69) is 41.4 Å². The summed E-state index contributed by atoms with van der Waals surface area (Å²) in [6.07, 6.45) is 2.53. The zero-order valence-corrected chi connectivity index (χ0v) is 14.3. The van der Waals surface area contributed by atoms with Crippen molar-refractivity contribution in [3.05, 3.63) is 35.5 Å². The summed E-state index contributed by atoms with van der Waals surface area (Å²) in [5.74, 6) is 0.990. The van der Waals surface area contributed by atoms with Crippen molar-refractivity contribution in [2.45, 2.75) is 24.8 Å². The first-order valence-electron chi connectivity index (χ1n) is 8.77. The molecule has 1 saturated carbocycles. The van der Waals surface area contributed by atoms with Crippen LogP contribution in [0.4, 0.5) is 0 Å². The first-order valence-corrected chi connectivity index (χ1v) is 8.77. The summed E-state index contributed by atoms with van der Waals surface area (Å²) >= 11 is 0. The molecule has 1 amide bonds. The number of carbonyl (C=O) groups excluding carboxylic acids is 1. The number of fused-ring (bicyclic) bond motifs is 1. The van der Waals surface area contributed by atoms with Gasteiger partial charge >= 0.3 is 0 Å². The molecule has 1 aromatic heterocycles. The van der Waals surface area contributed by atoms with Gasteiger partial charge in [0.15, 0.2) is 0 Å². The molecule has 5 heteroatoms. The van der Waals surface area contributed by atoms with Gasteiger partial charge in [0.1, 0.15) is 5.69 Å². The van der Waals surface area contributed by atoms with Crippen LogP contribution in [0.1, 0.15) is 34.8 Å². The van der Waals surface area contributed by atoms with Gasteiger partial charge in [0, 0.05) is 29.4 Å². The van der Waals surface area contributed by atoms with Crippen LogP contribution in [0, 0.1) is 5.92 Å². The van der Waals surface area contributed by atoms with Crippen LogP contribution in [0.5, 0.6) is 0 Å². The number of amides is 1. The minimum absolute atomic E-state index is 0.0302. The molecule has 1 aliphatic heterocycles. The lowest BCUT2D eigenvalue weighted by atomic mass is 10.0. The topological polar surface area (TPSA) is 57.4 Å². The maximum absolute atomic E-state index is 12.5. The SMILES string of the molecule is CN(C)[C@@H]1COC[C@H]1CNC(=O)c1cc2c(C3CC3)cccc2[nH]1. The number of aromatic nitrogens is 1. The Labute approximate surface area is 142 Å². The number of rotatable bonds is 5. The minimum Gasteiger partial charge on any atom is -0.379 e. The highest BCUT2D eigenvalue weighted by atomic mass is 16.5. The van der Waals surface area contributed by atoms with Crippen LogP contribution >= 0.6 is 0 Å². The van der Waals surface area contributed by atoms with Crippen molar-refractivity contribution in [2.24, 2.45) is 5.92 Å². The number of nitrogens with zero attached hydrogens (tertiary/aromatic N) is 1. The summed E-state index contributed by atoms with van der Waals surface area (Å²) in [6, 6.07) is 8.69. The molecule has 2 aromatic rings. The Balaban J connectivity index is 1.46. The molecule has 1 aromatic carbocycles. The van der Waals surface area contributed by atoms with Crippen LogP contribution in [0.15, 0.2) is 24.3 Å². The van der Waals surface area contributed by atoms with E-state index in [9.17, 15) is 4.79 Å². The van der Waals surface area contributed by atoms with Gasteiger partial charge < -0.3 is 19.9 Å². The fourth-order valence-electron chi connectivity index (χ4n) is 3.72. The molecule has 0 spiro atoms. The summed E-state index contributed by atoms with van der Waals surface area (Å²) in [4.78, 5) is 18.0. The second kappa shape index (κ2) is 6.22. The molecule has 2 aliphatic rings. The van der Waals surface area contributed by atoms with Crippen molar-refractivity contribution >= 4 is 16.8 Å². The Hall–Kier alpha value is -1.85. The van der Waals surface area contributed by atoms with Crippen LogP contribution in [-0.2, 0) is 4.74 Å². The van der Waals surface area contributed by atoms with Gasteiger partial charge in [0.05, 0.1) is 13.2 Å². The van der Waals surface area contributed by atoms with E-state index in [1.807, 2.05) is 12.1 Å². The lowest BCUT2D eigenvalue weighted by Crippen LogP contribution is -2.41. The lowest BCUT2D eigenvalue weighted by molar-refractivity contribution is 0.0937. The number of hydrogen-bond donors (Lipinski definition) is 2. The van der Waals surface area contributed by atoms with Gasteiger partial charge in [-0.2, -0.15) is 0 Å². The predicted molar refractivity (Wildman–Crippen MR) is 94.4 cm³/mol. The maximum atomic E-state index is 12.5. The van der Waals surface area contributed by atoms with Crippen molar-refractivity contribution in [1.82, 2.24) is 15.2 Å². The van der Waals surface area contributed by atoms with Crippen molar-refractivity contribution < 1.29 is 9.53 Å². The maximum Gasteiger partial charge on any atom is 0.267 e. The third-order valence-electron chi connectivity index (χ3n) is 5.31. The van der Waals surface area contributed by atoms with Crippen LogP contribution in [0.2, 0.25) is 0 Å². The van der Waals surface area contributed by atoms with E-state index in [-0.39, 0.29) is 5.91 Å². The third kappa shape index (κ3) is 2.94. The Morgan fingerprint density at radius 3 is 2.92 bits per heavy atom. The first kappa shape index (κ1) is 15.7. The predicted octanol–water partition coefficient (Wildman–Crippen LogP) is 2.35. The monoisotopic (exact) mass is 327 g/mol. The molecular weight excluding hydrogens is 302 g/mol. The van der Waals surface area contributed by atoms with E-state index >= 15 is 0 Å². The summed E-state index contributed by atoms with van der Waals surface area (Å²) in [5, 5.41) is 4.27. The molecule has 2 fully saturated rings. The van der Waals surface area contributed by atoms with Gasteiger partial charge in [-0.25, -0.2) is 0 Å². The number of hydrogen-bond acceptors (Lipinski definition) is 3. The van der Waals surface area contributed by atoms with Crippen LogP contribution in [0.25, 0.3) is 10.9 Å². The van der Waals surface area contributed by atoms with E-state index in [1.165, 1.54) is 23.8 Å². The van der Waals surface area contributed by atoms with E-state index < -0.39 is 0 Å². The fraction of sp³-hybridized carbons (Fsp3) is 0.526. The summed E-state index contributed by atoms with van der Waals surface area (Å²) < 4.78 is 5.57. The lowest BCUT2D eigenvalue weighted by Gasteiger charge is -2.24. The molecule has 4 rings (SSSR count). The highest BCUT2D eigenvalue weighted by Gasteiger charge is 2.30. The molecular formula is C19H25N3O2. The van der Waals surface area contributed by atoms with Crippen LogP contribution in [0.3, 0.4) is 0 Å². The van der Waals surface area contributed by atoms with Crippen LogP contribution < -0.4 is 5.32 Å². The minimum atomic E-state index is -0.0302. The molecule has 2 N–H and O–H groups in total. The number of aromatic amines is 1. The molecule has 128 valence electrons. The molecule has 1 saturated heterocycles. The van der Waals surface area contributed by atoms with Gasteiger partial charge in [-0.1, -0.05) is 12.1 Å². The Bertz CT molecular complexity index is 748. The largest absolute Gasteiger partial charge is 0.379 e. The average molecular weight is 327 g/mol. The highest BCUT2D eigenvalue weighted by molar-refractivity contribution is 5.99. The fourth-order valence-corrected chi connectivity index (χ4v) is 3.72. The van der Waals surface area contributed by atoms with Crippen molar-refractivity contribution in [3.63, 3.8) is 0 Å². The number of likely N-dealkylation sites (N-methyl/N-ethyl adjacent to an activating group) is 1. The second-order valence-electron chi connectivity index (χ2n) is 7.30. The standard InChI is InChI=1S/C19H25N3O2/c1-22(2)18-11-24-10-13(18)9-20-19(23)17-8-15-14(12-6-7-12)4-3-5-16(15)21-17/h3-5,8,12-13,18,21H,6-7,9-11H2,1-2H3,(H,20,23)/t13-,18-/m1/s1. The number of ether oxygens (including phenoxy) is 1. The quantitative estimate of drug-likeness (QED) is 0.886. The number of carbonyl (C=O) groups is 1. The Kier molecular flexibility index (Phi) is 4.06. The van der Waals surface area contributed by atoms with E-state index in [0.717, 1.165) is 12.1 Å². The Morgan fingerprint density at radius 1 is 1.33 bits per heavy atom. The van der Waals surface area contributed by atoms with Gasteiger partial charge in [-0.15, -0.1) is 0 Å². The van der Waals surface area contributed by atoms with Crippen molar-refractivity contribution in [2.75, 3.05) is 33.9 Å². The van der Waals surface area contributed by atoms with Gasteiger partial charge in [0.25, 0.3) is 5.91 Å². The second-order valence-corrected chi connectivity index (χ2v) is 7.30. The molecule has 24 heavy (non-hydrogen) atoms. The number of nitrogens with one attached hydrogen (secondary N) is 2. The summed E-state index contributed by atoms with van der Waals surface area (Å²) in [6.45, 7) is 2.10. The van der Waals surface area contributed by atoms with Gasteiger partial charge in [0.2, 0.25) is 0 Å². The normalized spacial score (nSPS) is 24.0. The molecule has 2 heterocycles. The highest BCUT2D eigenvalue weighted by Crippen LogP contribution is 2.43. The molecule has 5 nitrogen and oxygen atoms in total. The average Bonchev–Trinajstić information content (AvgIpc) is 3.13. The number of H-pyrrole nitrogens is 1. The van der Waals surface area contributed by atoms with Crippen LogP contribution in [-0.4, -0.2) is 55.7 Å². The molecule has 0 bridgehead atoms. The summed E-state index contributed by atoms with van der Waals surface area (Å²) in [5.41, 5.74) is 3.08. The van der Waals surface area contributed by atoms with Gasteiger partial charge in [-0.05, 0) is 50.6 Å². The van der Waals surface area contributed by atoms with E-state index in [0.29, 0.717) is 36.7 Å². The smallest absolute Gasteiger partial charge is 0.267 e.